The molecule has 0 bridgehead atoms. The van der Waals surface area contributed by atoms with Crippen LogP contribution in [0.5, 0.6) is 0 Å². The summed E-state index contributed by atoms with van der Waals surface area (Å²) in [6.07, 6.45) is 11.1. The topological polar surface area (TPSA) is 38.7 Å². The van der Waals surface area contributed by atoms with Crippen LogP contribution in [0.25, 0.3) is 72.5 Å². The van der Waals surface area contributed by atoms with Gasteiger partial charge in [0.1, 0.15) is 0 Å². The third-order valence-electron chi connectivity index (χ3n) is 8.59. The maximum absolute atomic E-state index is 5.05. The maximum atomic E-state index is 5.05. The van der Waals surface area contributed by atoms with Gasteiger partial charge in [-0.25, -0.2) is 15.0 Å². The summed E-state index contributed by atoms with van der Waals surface area (Å²) < 4.78 is 0. The Labute approximate surface area is 275 Å². The quantitative estimate of drug-likeness (QED) is 0.190. The lowest BCUT2D eigenvalue weighted by Gasteiger charge is -2.16. The van der Waals surface area contributed by atoms with Crippen LogP contribution < -0.4 is 0 Å². The summed E-state index contributed by atoms with van der Waals surface area (Å²) in [7, 11) is 0. The summed E-state index contributed by atoms with van der Waals surface area (Å²) in [5.74, 6) is 2.01. The highest BCUT2D eigenvalue weighted by molar-refractivity contribution is 6.04. The first-order valence-electron chi connectivity index (χ1n) is 15.9. The van der Waals surface area contributed by atoms with Gasteiger partial charge in [-0.3, -0.25) is 0 Å². The van der Waals surface area contributed by atoms with Crippen LogP contribution in [-0.4, -0.2) is 15.0 Å². The number of aromatic nitrogens is 3. The van der Waals surface area contributed by atoms with Crippen molar-refractivity contribution < 1.29 is 0 Å². The smallest absolute Gasteiger partial charge is 0.164 e. The zero-order valence-electron chi connectivity index (χ0n) is 25.8. The number of fused-ring (bicyclic) bond motifs is 1. The first kappa shape index (κ1) is 28.3. The van der Waals surface area contributed by atoms with Gasteiger partial charge in [0.2, 0.25) is 0 Å². The average molecular weight is 602 g/mol. The molecule has 0 amide bonds. The fourth-order valence-electron chi connectivity index (χ4n) is 6.22. The highest BCUT2D eigenvalue weighted by atomic mass is 15.0. The first-order valence-corrected chi connectivity index (χ1v) is 15.9. The van der Waals surface area contributed by atoms with E-state index in [1.807, 2.05) is 42.5 Å². The fraction of sp³-hybridized carbons (Fsp3) is 0.0227. The zero-order chi connectivity index (χ0) is 31.4. The molecular weight excluding hydrogens is 571 g/mol. The van der Waals surface area contributed by atoms with Crippen molar-refractivity contribution in [2.24, 2.45) is 0 Å². The van der Waals surface area contributed by atoms with Gasteiger partial charge in [-0.1, -0.05) is 170 Å². The molecule has 47 heavy (non-hydrogen) atoms. The van der Waals surface area contributed by atoms with Crippen molar-refractivity contribution in [3.63, 3.8) is 0 Å². The van der Waals surface area contributed by atoms with Gasteiger partial charge >= 0.3 is 0 Å². The summed E-state index contributed by atoms with van der Waals surface area (Å²) >= 11 is 0. The highest BCUT2D eigenvalue weighted by Crippen LogP contribution is 2.40. The normalized spacial score (nSPS) is 12.6. The average Bonchev–Trinajstić information content (AvgIpc) is 3.45. The molecule has 3 heteroatoms. The van der Waals surface area contributed by atoms with Gasteiger partial charge in [-0.15, -0.1) is 0 Å². The van der Waals surface area contributed by atoms with E-state index in [1.54, 1.807) is 0 Å². The van der Waals surface area contributed by atoms with Crippen LogP contribution in [0.15, 0.2) is 176 Å². The molecule has 0 N–H and O–H groups in total. The van der Waals surface area contributed by atoms with Crippen LogP contribution in [0, 0.1) is 0 Å². The van der Waals surface area contributed by atoms with Crippen molar-refractivity contribution in [2.75, 3.05) is 0 Å². The van der Waals surface area contributed by atoms with E-state index in [1.165, 1.54) is 38.6 Å². The lowest BCUT2D eigenvalue weighted by molar-refractivity contribution is 1.02. The van der Waals surface area contributed by atoms with Crippen molar-refractivity contribution in [3.05, 3.63) is 182 Å². The molecule has 0 saturated heterocycles. The summed E-state index contributed by atoms with van der Waals surface area (Å²) in [6, 6.07) is 51.2. The molecule has 6 aromatic carbocycles. The summed E-state index contributed by atoms with van der Waals surface area (Å²) in [5.41, 5.74) is 10.0. The lowest BCUT2D eigenvalue weighted by atomic mass is 9.88. The largest absolute Gasteiger partial charge is 0.209 e. The van der Waals surface area contributed by atoms with E-state index in [4.69, 9.17) is 15.0 Å². The molecule has 1 heterocycles. The summed E-state index contributed by atoms with van der Waals surface area (Å²) in [6.45, 7) is 0. The standard InChI is InChI=1S/C44H31N3/c1-2-6-18-35(17-5-1)42-45-43(36-19-9-4-10-20-36)47-44(46-42)38-22-13-21-37(30-38)41-39-23-12-11-16-33(39)28-29-40(41)34-26-24-32(25-27-34)31-14-7-3-8-15-31/h1-17,19-30H,18H2. The Hall–Kier alpha value is -6.19. The van der Waals surface area contributed by atoms with Gasteiger partial charge in [-0.2, -0.15) is 0 Å². The Morgan fingerprint density at radius 3 is 1.83 bits per heavy atom. The van der Waals surface area contributed by atoms with E-state index in [-0.39, 0.29) is 0 Å². The molecule has 7 aromatic rings. The van der Waals surface area contributed by atoms with E-state index in [0.29, 0.717) is 17.5 Å². The van der Waals surface area contributed by atoms with Gasteiger partial charge in [0.05, 0.1) is 0 Å². The van der Waals surface area contributed by atoms with Crippen molar-refractivity contribution in [3.8, 4) is 56.2 Å². The summed E-state index contributed by atoms with van der Waals surface area (Å²) in [5, 5.41) is 2.41. The van der Waals surface area contributed by atoms with Gasteiger partial charge in [0.25, 0.3) is 0 Å². The van der Waals surface area contributed by atoms with Gasteiger partial charge in [0.15, 0.2) is 17.5 Å². The van der Waals surface area contributed by atoms with Crippen LogP contribution in [0.3, 0.4) is 0 Å². The number of nitrogens with zero attached hydrogens (tertiary/aromatic N) is 3. The van der Waals surface area contributed by atoms with Crippen molar-refractivity contribution in [1.82, 2.24) is 15.0 Å². The molecule has 3 nitrogen and oxygen atoms in total. The molecule has 0 fully saturated rings. The molecule has 222 valence electrons. The minimum Gasteiger partial charge on any atom is -0.209 e. The van der Waals surface area contributed by atoms with Gasteiger partial charge in [0, 0.05) is 16.7 Å². The number of allylic oxidation sites excluding steroid dienone is 6. The first-order chi connectivity index (χ1) is 23.3. The molecule has 0 atom stereocenters. The minimum absolute atomic E-state index is 0.655. The number of rotatable bonds is 6. The third-order valence-corrected chi connectivity index (χ3v) is 8.59. The monoisotopic (exact) mass is 601 g/mol. The summed E-state index contributed by atoms with van der Waals surface area (Å²) in [4.78, 5) is 15.0. The third kappa shape index (κ3) is 5.83. The molecule has 1 aliphatic carbocycles. The van der Waals surface area contributed by atoms with E-state index < -0.39 is 0 Å². The van der Waals surface area contributed by atoms with E-state index in [9.17, 15) is 0 Å². The van der Waals surface area contributed by atoms with Crippen LogP contribution >= 0.6 is 0 Å². The Morgan fingerprint density at radius 2 is 1.02 bits per heavy atom. The predicted molar refractivity (Wildman–Crippen MR) is 195 cm³/mol. The van der Waals surface area contributed by atoms with E-state index in [0.717, 1.165) is 28.7 Å². The Bertz CT molecular complexity index is 2300. The lowest BCUT2D eigenvalue weighted by Crippen LogP contribution is -2.03. The maximum Gasteiger partial charge on any atom is 0.164 e. The predicted octanol–water partition coefficient (Wildman–Crippen LogP) is 11.3. The molecule has 0 unspecified atom stereocenters. The second kappa shape index (κ2) is 12.7. The SMILES string of the molecule is C1=CC=C(c2nc(-c3ccccc3)nc(-c3cccc(-c4c(-c5ccc(-c6ccccc6)cc5)ccc5ccccc45)c3)n2)CC=C1. The van der Waals surface area contributed by atoms with Crippen molar-refractivity contribution >= 4 is 16.3 Å². The highest BCUT2D eigenvalue weighted by Gasteiger charge is 2.17. The number of benzene rings is 6. The number of hydrogen-bond donors (Lipinski definition) is 0. The van der Waals surface area contributed by atoms with Crippen molar-refractivity contribution in [2.45, 2.75) is 6.42 Å². The van der Waals surface area contributed by atoms with Gasteiger partial charge in [-0.05, 0) is 56.6 Å². The molecule has 0 radical (unpaired) electrons. The molecule has 8 rings (SSSR count). The minimum atomic E-state index is 0.655. The van der Waals surface area contributed by atoms with Gasteiger partial charge < -0.3 is 0 Å². The molecular formula is C44H31N3. The second-order valence-electron chi connectivity index (χ2n) is 11.6. The molecule has 0 spiro atoms. The Kier molecular flexibility index (Phi) is 7.62. The van der Waals surface area contributed by atoms with Crippen LogP contribution in [0.2, 0.25) is 0 Å². The molecule has 1 aliphatic rings. The number of hydrogen-bond acceptors (Lipinski definition) is 3. The zero-order valence-corrected chi connectivity index (χ0v) is 25.8. The Balaban J connectivity index is 1.27. The van der Waals surface area contributed by atoms with Crippen LogP contribution in [-0.2, 0) is 0 Å². The van der Waals surface area contributed by atoms with Crippen LogP contribution in [0.4, 0.5) is 0 Å². The van der Waals surface area contributed by atoms with E-state index >= 15 is 0 Å². The Morgan fingerprint density at radius 1 is 0.404 bits per heavy atom. The molecule has 1 aromatic heterocycles. The second-order valence-corrected chi connectivity index (χ2v) is 11.6. The molecule has 0 saturated carbocycles. The molecule has 0 aliphatic heterocycles. The van der Waals surface area contributed by atoms with Crippen molar-refractivity contribution in [1.29, 1.82) is 0 Å². The van der Waals surface area contributed by atoms with E-state index in [2.05, 4.69) is 133 Å². The fourth-order valence-corrected chi connectivity index (χ4v) is 6.22. The van der Waals surface area contributed by atoms with Crippen LogP contribution in [0.1, 0.15) is 12.2 Å².